The van der Waals surface area contributed by atoms with E-state index in [1.807, 2.05) is 0 Å². The fraction of sp³-hybridized carbons (Fsp3) is 0.833. The molecule has 9 heavy (non-hydrogen) atoms. The summed E-state index contributed by atoms with van der Waals surface area (Å²) in [5.41, 5.74) is 0. The van der Waals surface area contributed by atoms with Crippen LogP contribution in [-0.4, -0.2) is 11.7 Å². The third kappa shape index (κ3) is 5.56. The van der Waals surface area contributed by atoms with Crippen molar-refractivity contribution in [3.63, 3.8) is 0 Å². The minimum absolute atomic E-state index is 0.352. The lowest BCUT2D eigenvalue weighted by Gasteiger charge is -2.06. The number of rotatable bonds is 3. The van der Waals surface area contributed by atoms with Crippen molar-refractivity contribution in [3.05, 3.63) is 0 Å². The summed E-state index contributed by atoms with van der Waals surface area (Å²) in [4.78, 5) is 0. The Bertz CT molecular complexity index is 95.1. The largest absolute Gasteiger partial charge is 0.343 e. The smallest absolute Gasteiger partial charge is 0.310 e. The van der Waals surface area contributed by atoms with Crippen LogP contribution in [-0.2, 0) is 5.11 Å². The van der Waals surface area contributed by atoms with Crippen LogP contribution in [0, 0.1) is 5.92 Å². The molecule has 3 heteroatoms. The summed E-state index contributed by atoms with van der Waals surface area (Å²) >= 11 is 4.30. The predicted molar refractivity (Wildman–Crippen MR) is 40.7 cm³/mol. The van der Waals surface area contributed by atoms with Crippen molar-refractivity contribution < 1.29 is 5.11 Å². The van der Waals surface area contributed by atoms with Gasteiger partial charge in [-0.1, -0.05) is 20.3 Å². The summed E-state index contributed by atoms with van der Waals surface area (Å²) in [6.07, 6.45) is 1.08. The molecule has 0 aliphatic heterocycles. The Hall–Kier alpha value is -0.310. The van der Waals surface area contributed by atoms with Crippen LogP contribution >= 0.6 is 12.2 Å². The van der Waals surface area contributed by atoms with Gasteiger partial charge >= 0.3 is 5.17 Å². The lowest BCUT2D eigenvalue weighted by molar-refractivity contribution is 0.403. The van der Waals surface area contributed by atoms with Gasteiger partial charge in [0, 0.05) is 6.54 Å². The van der Waals surface area contributed by atoms with Crippen LogP contribution in [0.3, 0.4) is 0 Å². The van der Waals surface area contributed by atoms with E-state index in [2.05, 4.69) is 31.4 Å². The van der Waals surface area contributed by atoms with Crippen LogP contribution in [0.25, 0.3) is 0 Å². The topological polar surface area (TPSA) is 31.9 Å². The van der Waals surface area contributed by atoms with Gasteiger partial charge in [-0.3, -0.25) is 5.11 Å². The number of thiocarbonyl (C=S) groups is 1. The van der Waals surface area contributed by atoms with Crippen molar-refractivity contribution >= 4 is 17.4 Å². The number of hydrogen-bond donors (Lipinski definition) is 1. The molecule has 0 aromatic carbocycles. The molecule has 1 unspecified atom stereocenters. The van der Waals surface area contributed by atoms with Gasteiger partial charge in [0.15, 0.2) is 0 Å². The molecule has 53 valence electrons. The molecule has 0 spiro atoms. The Morgan fingerprint density at radius 2 is 2.33 bits per heavy atom. The molecule has 0 aromatic heterocycles. The molecular weight excluding hydrogens is 134 g/mol. The van der Waals surface area contributed by atoms with E-state index in [4.69, 9.17) is 0 Å². The highest BCUT2D eigenvalue weighted by atomic mass is 32.1. The Morgan fingerprint density at radius 3 is 2.67 bits per heavy atom. The third-order valence-electron chi connectivity index (χ3n) is 1.29. The quantitative estimate of drug-likeness (QED) is 0.609. The third-order valence-corrected chi connectivity index (χ3v) is 1.44. The fourth-order valence-electron chi connectivity index (χ4n) is 0.402. The summed E-state index contributed by atoms with van der Waals surface area (Å²) in [6, 6.07) is 0. The van der Waals surface area contributed by atoms with E-state index in [1.165, 1.54) is 0 Å². The molecule has 0 saturated heterocycles. The molecular formula is C6H12NOS. The number of hydrogen-bond acceptors (Lipinski definition) is 1. The lowest BCUT2D eigenvalue weighted by Crippen LogP contribution is -2.24. The summed E-state index contributed by atoms with van der Waals surface area (Å²) < 4.78 is 0. The molecule has 0 heterocycles. The fourth-order valence-corrected chi connectivity index (χ4v) is 0.485. The maximum atomic E-state index is 10.2. The molecule has 0 aliphatic rings. The van der Waals surface area contributed by atoms with E-state index in [9.17, 15) is 5.11 Å². The maximum Gasteiger partial charge on any atom is 0.310 e. The second-order valence-electron chi connectivity index (χ2n) is 2.18. The zero-order valence-corrected chi connectivity index (χ0v) is 6.62. The molecule has 1 N–H and O–H groups in total. The van der Waals surface area contributed by atoms with Crippen LogP contribution in [0.4, 0.5) is 0 Å². The molecule has 0 aliphatic carbocycles. The monoisotopic (exact) mass is 146 g/mol. The van der Waals surface area contributed by atoms with Crippen molar-refractivity contribution in [1.29, 1.82) is 0 Å². The van der Waals surface area contributed by atoms with Gasteiger partial charge in [0.1, 0.15) is 0 Å². The van der Waals surface area contributed by atoms with Crippen LogP contribution in [0.5, 0.6) is 0 Å². The average molecular weight is 146 g/mol. The molecule has 1 radical (unpaired) electrons. The van der Waals surface area contributed by atoms with Crippen molar-refractivity contribution in [2.75, 3.05) is 6.54 Å². The Labute approximate surface area is 61.3 Å². The first-order valence-corrected chi connectivity index (χ1v) is 3.52. The van der Waals surface area contributed by atoms with Gasteiger partial charge in [-0.15, -0.1) is 0 Å². The SMILES string of the molecule is CCC(C)CNC([O])=S. The minimum atomic E-state index is -0.352. The van der Waals surface area contributed by atoms with Gasteiger partial charge in [-0.25, -0.2) is 0 Å². The van der Waals surface area contributed by atoms with E-state index in [-0.39, 0.29) is 5.17 Å². The van der Waals surface area contributed by atoms with Crippen LogP contribution < -0.4 is 5.32 Å². The summed E-state index contributed by atoms with van der Waals surface area (Å²) in [7, 11) is 0. The van der Waals surface area contributed by atoms with Gasteiger partial charge in [-0.05, 0) is 18.1 Å². The first-order valence-electron chi connectivity index (χ1n) is 3.11. The van der Waals surface area contributed by atoms with Crippen molar-refractivity contribution in [2.45, 2.75) is 20.3 Å². The van der Waals surface area contributed by atoms with Crippen LogP contribution in [0.15, 0.2) is 0 Å². The minimum Gasteiger partial charge on any atom is -0.343 e. The van der Waals surface area contributed by atoms with Crippen molar-refractivity contribution in [1.82, 2.24) is 5.32 Å². The second-order valence-corrected chi connectivity index (χ2v) is 2.55. The highest BCUT2D eigenvalue weighted by molar-refractivity contribution is 7.79. The predicted octanol–water partition coefficient (Wildman–Crippen LogP) is 1.34. The van der Waals surface area contributed by atoms with E-state index in [1.54, 1.807) is 0 Å². The van der Waals surface area contributed by atoms with Crippen LogP contribution in [0.2, 0.25) is 0 Å². The lowest BCUT2D eigenvalue weighted by atomic mass is 10.1. The average Bonchev–Trinajstić information content (AvgIpc) is 1.83. The van der Waals surface area contributed by atoms with Gasteiger partial charge in [0.2, 0.25) is 0 Å². The van der Waals surface area contributed by atoms with Crippen molar-refractivity contribution in [3.8, 4) is 0 Å². The maximum absolute atomic E-state index is 10.2. The van der Waals surface area contributed by atoms with Gasteiger partial charge in [0.25, 0.3) is 0 Å². The Balaban J connectivity index is 3.16. The molecule has 0 rings (SSSR count). The Morgan fingerprint density at radius 1 is 1.78 bits per heavy atom. The second kappa shape index (κ2) is 4.56. The van der Waals surface area contributed by atoms with Gasteiger partial charge in [0.05, 0.1) is 0 Å². The Kier molecular flexibility index (Phi) is 4.40. The number of nitrogens with one attached hydrogen (secondary N) is 1. The zero-order valence-electron chi connectivity index (χ0n) is 5.81. The molecule has 0 fully saturated rings. The normalized spacial score (nSPS) is 12.7. The highest BCUT2D eigenvalue weighted by Gasteiger charge is 1.98. The first-order chi connectivity index (χ1) is 4.16. The standard InChI is InChI=1S/C6H12NOS/c1-3-5(2)4-7-6(8)9/h5H,3-4H2,1-2H3,(H,7,9). The molecule has 1 atom stereocenters. The summed E-state index contributed by atoms with van der Waals surface area (Å²) in [5, 5.41) is 12.4. The van der Waals surface area contributed by atoms with Crippen molar-refractivity contribution in [2.24, 2.45) is 5.92 Å². The molecule has 0 amide bonds. The molecule has 0 bridgehead atoms. The summed E-state index contributed by atoms with van der Waals surface area (Å²) in [6.45, 7) is 4.87. The van der Waals surface area contributed by atoms with Gasteiger partial charge in [-0.2, -0.15) is 0 Å². The van der Waals surface area contributed by atoms with Gasteiger partial charge < -0.3 is 5.32 Å². The first kappa shape index (κ1) is 8.69. The molecule has 0 saturated carbocycles. The van der Waals surface area contributed by atoms with E-state index < -0.39 is 0 Å². The van der Waals surface area contributed by atoms with E-state index >= 15 is 0 Å². The molecule has 2 nitrogen and oxygen atoms in total. The van der Waals surface area contributed by atoms with E-state index in [0.717, 1.165) is 6.42 Å². The van der Waals surface area contributed by atoms with E-state index in [0.29, 0.717) is 12.5 Å². The zero-order chi connectivity index (χ0) is 7.28. The summed E-state index contributed by atoms with van der Waals surface area (Å²) in [5.74, 6) is 0.539. The van der Waals surface area contributed by atoms with Crippen LogP contribution in [0.1, 0.15) is 20.3 Å². The highest BCUT2D eigenvalue weighted by Crippen LogP contribution is 1.96. The molecule has 0 aromatic rings.